The van der Waals surface area contributed by atoms with Crippen LogP contribution in [0.25, 0.3) is 21.8 Å². The molecule has 19 heavy (non-hydrogen) atoms. The van der Waals surface area contributed by atoms with Crippen molar-refractivity contribution in [3.8, 4) is 0 Å². The molecule has 0 spiro atoms. The van der Waals surface area contributed by atoms with Gasteiger partial charge in [0.25, 0.3) is 0 Å². The lowest BCUT2D eigenvalue weighted by atomic mass is 10.1. The van der Waals surface area contributed by atoms with E-state index < -0.39 is 0 Å². The van der Waals surface area contributed by atoms with Gasteiger partial charge < -0.3 is 11.5 Å². The third-order valence-electron chi connectivity index (χ3n) is 2.96. The minimum absolute atomic E-state index is 0.000921. The van der Waals surface area contributed by atoms with E-state index in [1.54, 1.807) is 0 Å². The van der Waals surface area contributed by atoms with Crippen molar-refractivity contribution in [3.05, 3.63) is 48.5 Å². The largest absolute Gasteiger partial charge is 0.369 e. The maximum absolute atomic E-state index is 5.39. The van der Waals surface area contributed by atoms with Crippen LogP contribution in [0.1, 0.15) is 0 Å². The van der Waals surface area contributed by atoms with Gasteiger partial charge in [-0.3, -0.25) is 5.43 Å². The van der Waals surface area contributed by atoms with Crippen molar-refractivity contribution in [1.82, 2.24) is 0 Å². The van der Waals surface area contributed by atoms with Gasteiger partial charge in [-0.15, -0.1) is 5.10 Å². The Balaban J connectivity index is 2.36. The molecule has 0 radical (unpaired) electrons. The zero-order valence-corrected chi connectivity index (χ0v) is 10.2. The zero-order valence-electron chi connectivity index (χ0n) is 10.2. The first-order chi connectivity index (χ1) is 9.25. The average Bonchev–Trinajstić information content (AvgIpc) is 2.43. The van der Waals surface area contributed by atoms with Gasteiger partial charge in [0.15, 0.2) is 0 Å². The summed E-state index contributed by atoms with van der Waals surface area (Å²) in [6.45, 7) is 0. The van der Waals surface area contributed by atoms with E-state index in [0.717, 1.165) is 27.5 Å². The SMILES string of the molecule is NC(N)=NNc1c2ccccc2[nH+]c2ccccc12. The summed E-state index contributed by atoms with van der Waals surface area (Å²) >= 11 is 0. The molecule has 0 saturated heterocycles. The van der Waals surface area contributed by atoms with E-state index in [9.17, 15) is 0 Å². The summed E-state index contributed by atoms with van der Waals surface area (Å²) in [7, 11) is 0. The van der Waals surface area contributed by atoms with Gasteiger partial charge in [0.2, 0.25) is 17.0 Å². The van der Waals surface area contributed by atoms with E-state index in [1.807, 2.05) is 48.5 Å². The van der Waals surface area contributed by atoms with E-state index in [1.165, 1.54) is 0 Å². The van der Waals surface area contributed by atoms with Gasteiger partial charge in [-0.2, -0.15) is 0 Å². The number of hydrogen-bond donors (Lipinski definition) is 3. The maximum atomic E-state index is 5.39. The van der Waals surface area contributed by atoms with Gasteiger partial charge in [0.05, 0.1) is 16.5 Å². The van der Waals surface area contributed by atoms with Crippen LogP contribution in [-0.4, -0.2) is 5.96 Å². The molecule has 0 unspecified atom stereocenters. The molecule has 1 aromatic heterocycles. The number of hydrogen-bond acceptors (Lipinski definition) is 2. The Morgan fingerprint density at radius 1 is 0.895 bits per heavy atom. The molecule has 0 amide bonds. The molecule has 94 valence electrons. The van der Waals surface area contributed by atoms with Crippen LogP contribution in [0.15, 0.2) is 53.6 Å². The van der Waals surface area contributed by atoms with E-state index in [2.05, 4.69) is 15.5 Å². The van der Waals surface area contributed by atoms with Gasteiger partial charge in [0, 0.05) is 12.1 Å². The topological polar surface area (TPSA) is 90.6 Å². The first-order valence-electron chi connectivity index (χ1n) is 5.93. The Morgan fingerprint density at radius 2 is 1.42 bits per heavy atom. The number of para-hydroxylation sites is 2. The minimum Gasteiger partial charge on any atom is -0.369 e. The molecule has 6 N–H and O–H groups in total. The van der Waals surface area contributed by atoms with Crippen molar-refractivity contribution in [2.24, 2.45) is 16.6 Å². The van der Waals surface area contributed by atoms with Gasteiger partial charge >= 0.3 is 0 Å². The van der Waals surface area contributed by atoms with E-state index in [0.29, 0.717) is 0 Å². The number of aromatic amines is 1. The van der Waals surface area contributed by atoms with Crippen LogP contribution >= 0.6 is 0 Å². The number of fused-ring (bicyclic) bond motifs is 2. The molecule has 5 nitrogen and oxygen atoms in total. The summed E-state index contributed by atoms with van der Waals surface area (Å²) in [6.07, 6.45) is 0. The van der Waals surface area contributed by atoms with E-state index in [4.69, 9.17) is 11.5 Å². The highest BCUT2D eigenvalue weighted by Gasteiger charge is 2.12. The van der Waals surface area contributed by atoms with Crippen molar-refractivity contribution in [2.45, 2.75) is 0 Å². The summed E-state index contributed by atoms with van der Waals surface area (Å²) in [4.78, 5) is 3.39. The summed E-state index contributed by atoms with van der Waals surface area (Å²) < 4.78 is 0. The molecule has 0 aliphatic carbocycles. The summed E-state index contributed by atoms with van der Waals surface area (Å²) in [5.41, 5.74) is 16.7. The second-order valence-corrected chi connectivity index (χ2v) is 4.24. The van der Waals surface area contributed by atoms with Crippen LogP contribution < -0.4 is 21.9 Å². The maximum Gasteiger partial charge on any atom is 0.213 e. The zero-order chi connectivity index (χ0) is 13.2. The van der Waals surface area contributed by atoms with Crippen LogP contribution in [0.3, 0.4) is 0 Å². The fourth-order valence-corrected chi connectivity index (χ4v) is 2.15. The van der Waals surface area contributed by atoms with Crippen molar-refractivity contribution in [3.63, 3.8) is 0 Å². The highest BCUT2D eigenvalue weighted by molar-refractivity contribution is 6.04. The van der Waals surface area contributed by atoms with Crippen LogP contribution in [0.4, 0.5) is 5.69 Å². The third kappa shape index (κ3) is 2.01. The van der Waals surface area contributed by atoms with Crippen molar-refractivity contribution < 1.29 is 4.98 Å². The molecule has 0 bridgehead atoms. The number of hydrazone groups is 1. The molecule has 0 saturated carbocycles. The number of nitrogens with zero attached hydrogens (tertiary/aromatic N) is 1. The Labute approximate surface area is 109 Å². The normalized spacial score (nSPS) is 10.5. The second-order valence-electron chi connectivity index (χ2n) is 4.24. The van der Waals surface area contributed by atoms with Gasteiger partial charge in [-0.05, 0) is 12.1 Å². The van der Waals surface area contributed by atoms with Crippen molar-refractivity contribution in [1.29, 1.82) is 0 Å². The Bertz CT molecular complexity index is 721. The second kappa shape index (κ2) is 4.45. The van der Waals surface area contributed by atoms with Gasteiger partial charge in [-0.1, -0.05) is 24.3 Å². The Hall–Kier alpha value is -2.82. The lowest BCUT2D eigenvalue weighted by molar-refractivity contribution is -0.310. The number of benzene rings is 2. The molecule has 5 heteroatoms. The lowest BCUT2D eigenvalue weighted by Crippen LogP contribution is -2.24. The summed E-state index contributed by atoms with van der Waals surface area (Å²) in [5, 5.41) is 5.97. The van der Waals surface area contributed by atoms with Crippen LogP contribution in [0.2, 0.25) is 0 Å². The number of nitrogens with one attached hydrogen (secondary N) is 2. The standard InChI is InChI=1S/C14H13N5/c15-14(16)19-18-13-9-5-1-3-7-11(9)17-12-8-4-2-6-10(12)13/h1-8H,(H,17,18)(H4,15,16,19)/p+1. The van der Waals surface area contributed by atoms with Crippen molar-refractivity contribution >= 4 is 33.5 Å². The molecular weight excluding hydrogens is 238 g/mol. The molecule has 1 heterocycles. The Morgan fingerprint density at radius 3 is 1.95 bits per heavy atom. The fraction of sp³-hybridized carbons (Fsp3) is 0. The summed E-state index contributed by atoms with van der Waals surface area (Å²) in [6, 6.07) is 16.0. The molecule has 0 aliphatic rings. The Kier molecular flexibility index (Phi) is 2.64. The van der Waals surface area contributed by atoms with E-state index in [-0.39, 0.29) is 5.96 Å². The van der Waals surface area contributed by atoms with Gasteiger partial charge in [-0.25, -0.2) is 4.98 Å². The highest BCUT2D eigenvalue weighted by Crippen LogP contribution is 2.28. The number of H-pyrrole nitrogens is 1. The molecule has 0 atom stereocenters. The molecule has 0 aliphatic heterocycles. The number of aromatic nitrogens is 1. The first-order valence-corrected chi connectivity index (χ1v) is 5.93. The lowest BCUT2D eigenvalue weighted by Gasteiger charge is -2.06. The van der Waals surface area contributed by atoms with Crippen LogP contribution in [-0.2, 0) is 0 Å². The average molecular weight is 252 g/mol. The van der Waals surface area contributed by atoms with Crippen molar-refractivity contribution in [2.75, 3.05) is 5.43 Å². The van der Waals surface area contributed by atoms with Crippen LogP contribution in [0.5, 0.6) is 0 Å². The quantitative estimate of drug-likeness (QED) is 0.279. The molecular formula is C14H14N5+. The monoisotopic (exact) mass is 252 g/mol. The first kappa shape index (κ1) is 11.3. The van der Waals surface area contributed by atoms with Gasteiger partial charge in [0.1, 0.15) is 0 Å². The molecule has 2 aromatic carbocycles. The number of anilines is 1. The molecule has 0 fully saturated rings. The van der Waals surface area contributed by atoms with Crippen LogP contribution in [0, 0.1) is 0 Å². The number of nitrogens with two attached hydrogens (primary N) is 2. The highest BCUT2D eigenvalue weighted by atomic mass is 15.3. The molecule has 3 aromatic rings. The summed E-state index contributed by atoms with van der Waals surface area (Å²) in [5.74, 6) is 0.000921. The molecule has 3 rings (SSSR count). The predicted octanol–water partition coefficient (Wildman–Crippen LogP) is 1.41. The number of rotatable bonds is 2. The predicted molar refractivity (Wildman–Crippen MR) is 77.4 cm³/mol. The number of pyridine rings is 1. The number of guanidine groups is 1. The smallest absolute Gasteiger partial charge is 0.213 e. The fourth-order valence-electron chi connectivity index (χ4n) is 2.15. The minimum atomic E-state index is 0.000921. The van der Waals surface area contributed by atoms with E-state index >= 15 is 0 Å². The third-order valence-corrected chi connectivity index (χ3v) is 2.96.